The summed E-state index contributed by atoms with van der Waals surface area (Å²) in [6, 6.07) is 9.42. The molecule has 0 aliphatic rings. The number of rotatable bonds is 7. The van der Waals surface area contributed by atoms with Crippen molar-refractivity contribution in [3.8, 4) is 5.75 Å². The minimum atomic E-state index is -0.0679. The maximum absolute atomic E-state index is 5.96. The van der Waals surface area contributed by atoms with Gasteiger partial charge in [-0.25, -0.2) is 0 Å². The molecule has 6 heteroatoms. The van der Waals surface area contributed by atoms with Crippen LogP contribution >= 0.6 is 11.6 Å². The van der Waals surface area contributed by atoms with Crippen molar-refractivity contribution in [3.05, 3.63) is 47.2 Å². The number of aromatic nitrogens is 2. The molecule has 0 spiro atoms. The van der Waals surface area contributed by atoms with Crippen LogP contribution in [0.3, 0.4) is 0 Å². The summed E-state index contributed by atoms with van der Waals surface area (Å²) in [7, 11) is 1.94. The molecule has 2 atom stereocenters. The largest absolute Gasteiger partial charge is 0.489 e. The second-order valence-corrected chi connectivity index (χ2v) is 5.47. The Labute approximate surface area is 130 Å². The summed E-state index contributed by atoms with van der Waals surface area (Å²) >= 11 is 5.96. The third kappa shape index (κ3) is 4.46. The summed E-state index contributed by atoms with van der Waals surface area (Å²) in [5, 5.41) is 4.82. The van der Waals surface area contributed by atoms with Crippen molar-refractivity contribution < 1.29 is 4.74 Å². The first-order valence-corrected chi connectivity index (χ1v) is 7.33. The van der Waals surface area contributed by atoms with Crippen LogP contribution in [0.5, 0.6) is 5.75 Å². The van der Waals surface area contributed by atoms with Gasteiger partial charge in [-0.15, -0.1) is 0 Å². The van der Waals surface area contributed by atoms with E-state index in [0.29, 0.717) is 5.02 Å². The number of ether oxygens (including phenoxy) is 1. The first kappa shape index (κ1) is 15.8. The van der Waals surface area contributed by atoms with Crippen LogP contribution in [-0.4, -0.2) is 21.9 Å². The topological polar surface area (TPSA) is 65.1 Å². The van der Waals surface area contributed by atoms with Crippen molar-refractivity contribution in [2.75, 3.05) is 0 Å². The Morgan fingerprint density at radius 1 is 1.43 bits per heavy atom. The molecule has 1 aromatic carbocycles. The Bertz CT molecular complexity index is 572. The average molecular weight is 309 g/mol. The van der Waals surface area contributed by atoms with Gasteiger partial charge in [0, 0.05) is 24.0 Å². The number of nitrogens with zero attached hydrogens (tertiary/aromatic N) is 2. The molecule has 0 amide bonds. The Balaban J connectivity index is 1.92. The molecule has 2 unspecified atom stereocenters. The van der Waals surface area contributed by atoms with E-state index in [4.69, 9.17) is 22.2 Å². The fourth-order valence-corrected chi connectivity index (χ4v) is 2.42. The van der Waals surface area contributed by atoms with Crippen LogP contribution < -0.4 is 16.0 Å². The lowest BCUT2D eigenvalue weighted by molar-refractivity contribution is 0.164. The zero-order valence-electron chi connectivity index (χ0n) is 12.3. The van der Waals surface area contributed by atoms with Crippen LogP contribution in [0, 0.1) is 0 Å². The minimum absolute atomic E-state index is 0.0406. The van der Waals surface area contributed by atoms with Crippen LogP contribution in [0.4, 0.5) is 0 Å². The predicted octanol–water partition coefficient (Wildman–Crippen LogP) is 2.31. The van der Waals surface area contributed by atoms with E-state index in [0.717, 1.165) is 18.6 Å². The van der Waals surface area contributed by atoms with Gasteiger partial charge in [0.05, 0.1) is 6.04 Å². The van der Waals surface area contributed by atoms with Gasteiger partial charge in [-0.2, -0.15) is 5.10 Å². The number of hydrazine groups is 1. The molecule has 0 aliphatic heterocycles. The number of hydrogen-bond donors (Lipinski definition) is 2. The van der Waals surface area contributed by atoms with Crippen LogP contribution in [0.25, 0.3) is 0 Å². The molecule has 0 saturated carbocycles. The van der Waals surface area contributed by atoms with E-state index in [1.54, 1.807) is 12.3 Å². The summed E-state index contributed by atoms with van der Waals surface area (Å²) in [5.74, 6) is 6.40. The van der Waals surface area contributed by atoms with Crippen molar-refractivity contribution in [3.63, 3.8) is 0 Å². The van der Waals surface area contributed by atoms with E-state index in [1.165, 1.54) is 5.69 Å². The van der Waals surface area contributed by atoms with E-state index in [-0.39, 0.29) is 12.1 Å². The van der Waals surface area contributed by atoms with Crippen molar-refractivity contribution in [2.24, 2.45) is 12.9 Å². The summed E-state index contributed by atoms with van der Waals surface area (Å²) in [5.41, 5.74) is 4.00. The molecule has 2 aromatic rings. The Morgan fingerprint density at radius 3 is 2.86 bits per heavy atom. The number of nitrogens with one attached hydrogen (secondary N) is 1. The van der Waals surface area contributed by atoms with Crippen molar-refractivity contribution in [1.82, 2.24) is 15.2 Å². The van der Waals surface area contributed by atoms with Crippen LogP contribution in [-0.2, 0) is 13.5 Å². The number of nitrogens with two attached hydrogens (primary N) is 1. The normalized spacial score (nSPS) is 13.9. The molecular weight excluding hydrogens is 288 g/mol. The third-order valence-corrected chi connectivity index (χ3v) is 3.77. The minimum Gasteiger partial charge on any atom is -0.489 e. The molecule has 0 aliphatic carbocycles. The second kappa shape index (κ2) is 7.45. The summed E-state index contributed by atoms with van der Waals surface area (Å²) < 4.78 is 7.77. The highest BCUT2D eigenvalue weighted by Gasteiger charge is 2.18. The van der Waals surface area contributed by atoms with E-state index in [1.807, 2.05) is 42.9 Å². The van der Waals surface area contributed by atoms with E-state index in [2.05, 4.69) is 10.5 Å². The van der Waals surface area contributed by atoms with E-state index in [9.17, 15) is 0 Å². The van der Waals surface area contributed by atoms with Crippen LogP contribution in [0.2, 0.25) is 5.02 Å². The SMILES string of the molecule is CC(Oc1cccc(Cl)c1)C(CCc1ccnn1C)NN. The summed E-state index contributed by atoms with van der Waals surface area (Å²) in [6.07, 6.45) is 3.47. The van der Waals surface area contributed by atoms with Gasteiger partial charge >= 0.3 is 0 Å². The van der Waals surface area contributed by atoms with Gasteiger partial charge in [-0.05, 0) is 44.0 Å². The smallest absolute Gasteiger partial charge is 0.121 e. The number of halogens is 1. The number of aryl methyl sites for hydroxylation is 2. The molecular formula is C15H21ClN4O. The van der Waals surface area contributed by atoms with Crippen LogP contribution in [0.1, 0.15) is 19.0 Å². The highest BCUT2D eigenvalue weighted by atomic mass is 35.5. The maximum atomic E-state index is 5.96. The monoisotopic (exact) mass is 308 g/mol. The summed E-state index contributed by atoms with van der Waals surface area (Å²) in [6.45, 7) is 1.99. The molecule has 0 fully saturated rings. The van der Waals surface area contributed by atoms with Gasteiger partial charge in [0.25, 0.3) is 0 Å². The number of hydrogen-bond acceptors (Lipinski definition) is 4. The standard InChI is InChI=1S/C15H21ClN4O/c1-11(21-14-5-3-4-12(16)10-14)15(19-17)7-6-13-8-9-18-20(13)2/h3-5,8-11,15,19H,6-7,17H2,1-2H3. The quantitative estimate of drug-likeness (QED) is 0.608. The zero-order chi connectivity index (χ0) is 15.2. The average Bonchev–Trinajstić information content (AvgIpc) is 2.85. The molecule has 0 bridgehead atoms. The lowest BCUT2D eigenvalue weighted by Crippen LogP contribution is -2.45. The van der Waals surface area contributed by atoms with Gasteiger partial charge in [0.15, 0.2) is 0 Å². The third-order valence-electron chi connectivity index (χ3n) is 3.53. The molecule has 114 valence electrons. The predicted molar refractivity (Wildman–Crippen MR) is 84.2 cm³/mol. The lowest BCUT2D eigenvalue weighted by atomic mass is 10.1. The first-order chi connectivity index (χ1) is 10.1. The molecule has 0 saturated heterocycles. The van der Waals surface area contributed by atoms with Gasteiger partial charge < -0.3 is 4.74 Å². The van der Waals surface area contributed by atoms with Gasteiger partial charge in [0.2, 0.25) is 0 Å². The number of benzene rings is 1. The first-order valence-electron chi connectivity index (χ1n) is 6.95. The zero-order valence-corrected chi connectivity index (χ0v) is 13.0. The lowest BCUT2D eigenvalue weighted by Gasteiger charge is -2.24. The van der Waals surface area contributed by atoms with Gasteiger partial charge in [-0.3, -0.25) is 16.0 Å². The van der Waals surface area contributed by atoms with Gasteiger partial charge in [0.1, 0.15) is 11.9 Å². The Morgan fingerprint density at radius 2 is 2.24 bits per heavy atom. The molecule has 5 nitrogen and oxygen atoms in total. The Kier molecular flexibility index (Phi) is 5.61. The molecule has 1 heterocycles. The Hall–Kier alpha value is -1.56. The highest BCUT2D eigenvalue weighted by Crippen LogP contribution is 2.19. The molecule has 3 N–H and O–H groups in total. The van der Waals surface area contributed by atoms with Crippen molar-refractivity contribution >= 4 is 11.6 Å². The van der Waals surface area contributed by atoms with Crippen molar-refractivity contribution in [1.29, 1.82) is 0 Å². The maximum Gasteiger partial charge on any atom is 0.121 e. The van der Waals surface area contributed by atoms with E-state index >= 15 is 0 Å². The highest BCUT2D eigenvalue weighted by molar-refractivity contribution is 6.30. The molecule has 1 aromatic heterocycles. The van der Waals surface area contributed by atoms with E-state index < -0.39 is 0 Å². The second-order valence-electron chi connectivity index (χ2n) is 5.04. The molecule has 21 heavy (non-hydrogen) atoms. The summed E-state index contributed by atoms with van der Waals surface area (Å²) in [4.78, 5) is 0. The fourth-order valence-electron chi connectivity index (χ4n) is 2.24. The molecule has 0 radical (unpaired) electrons. The van der Waals surface area contributed by atoms with Gasteiger partial charge in [-0.1, -0.05) is 17.7 Å². The molecule has 2 rings (SSSR count). The van der Waals surface area contributed by atoms with Crippen LogP contribution in [0.15, 0.2) is 36.5 Å². The fraction of sp³-hybridized carbons (Fsp3) is 0.400. The van der Waals surface area contributed by atoms with Crippen molar-refractivity contribution in [2.45, 2.75) is 31.9 Å².